The molecular formula is C10H11F4NO. The van der Waals surface area contributed by atoms with Gasteiger partial charge in [-0.25, -0.2) is 4.39 Å². The minimum atomic E-state index is -5.09. The standard InChI is InChI=1S/C10H11F4NO/c1-15-6-9(11,10(12,13)14)7-4-2-3-5-8(7)16/h2-5,15-16H,6H2,1H3. The van der Waals surface area contributed by atoms with Crippen molar-refractivity contribution >= 4 is 0 Å². The molecule has 2 nitrogen and oxygen atoms in total. The van der Waals surface area contributed by atoms with Crippen LogP contribution in [-0.2, 0) is 5.67 Å². The Kier molecular flexibility index (Phi) is 3.42. The van der Waals surface area contributed by atoms with Gasteiger partial charge in [-0.2, -0.15) is 13.2 Å². The van der Waals surface area contributed by atoms with Crippen molar-refractivity contribution < 1.29 is 22.7 Å². The fraction of sp³-hybridized carbons (Fsp3) is 0.400. The number of rotatable bonds is 3. The zero-order valence-electron chi connectivity index (χ0n) is 8.48. The van der Waals surface area contributed by atoms with Gasteiger partial charge in [-0.3, -0.25) is 0 Å². The van der Waals surface area contributed by atoms with Crippen LogP contribution in [0.4, 0.5) is 17.6 Å². The van der Waals surface area contributed by atoms with Crippen molar-refractivity contribution in [1.29, 1.82) is 0 Å². The fourth-order valence-electron chi connectivity index (χ4n) is 1.40. The molecule has 0 bridgehead atoms. The minimum absolute atomic E-state index is 0.711. The molecule has 6 heteroatoms. The topological polar surface area (TPSA) is 32.3 Å². The van der Waals surface area contributed by atoms with E-state index in [0.29, 0.717) is 0 Å². The van der Waals surface area contributed by atoms with Crippen molar-refractivity contribution in [2.24, 2.45) is 0 Å². The number of likely N-dealkylation sites (N-methyl/N-ethyl adjacent to an activating group) is 1. The molecular weight excluding hydrogens is 226 g/mol. The van der Waals surface area contributed by atoms with Crippen molar-refractivity contribution in [2.45, 2.75) is 11.8 Å². The van der Waals surface area contributed by atoms with Gasteiger partial charge in [-0.05, 0) is 13.1 Å². The fourth-order valence-corrected chi connectivity index (χ4v) is 1.40. The third-order valence-corrected chi connectivity index (χ3v) is 2.20. The van der Waals surface area contributed by atoms with Crippen LogP contribution in [0.3, 0.4) is 0 Å². The largest absolute Gasteiger partial charge is 0.508 e. The molecule has 0 amide bonds. The summed E-state index contributed by atoms with van der Waals surface area (Å²) in [5.74, 6) is -0.711. The van der Waals surface area contributed by atoms with Crippen LogP contribution in [0.25, 0.3) is 0 Å². The van der Waals surface area contributed by atoms with Gasteiger partial charge in [0.05, 0.1) is 0 Å². The van der Waals surface area contributed by atoms with Crippen LogP contribution in [0, 0.1) is 0 Å². The molecule has 0 radical (unpaired) electrons. The number of hydrogen-bond donors (Lipinski definition) is 2. The van der Waals surface area contributed by atoms with E-state index in [4.69, 9.17) is 0 Å². The van der Waals surface area contributed by atoms with Crippen molar-refractivity contribution in [3.05, 3.63) is 29.8 Å². The van der Waals surface area contributed by atoms with E-state index in [0.717, 1.165) is 12.1 Å². The number of phenolic OH excluding ortho intramolecular Hbond substituents is 1. The Morgan fingerprint density at radius 3 is 2.19 bits per heavy atom. The normalized spacial score (nSPS) is 15.8. The molecule has 0 aliphatic rings. The van der Waals surface area contributed by atoms with E-state index < -0.39 is 29.7 Å². The molecule has 0 heterocycles. The quantitative estimate of drug-likeness (QED) is 0.791. The molecule has 1 rings (SSSR count). The predicted molar refractivity (Wildman–Crippen MR) is 50.9 cm³/mol. The summed E-state index contributed by atoms with van der Waals surface area (Å²) in [6.45, 7) is -0.950. The van der Waals surface area contributed by atoms with Gasteiger partial charge < -0.3 is 10.4 Å². The second-order valence-electron chi connectivity index (χ2n) is 3.35. The molecule has 2 N–H and O–H groups in total. The van der Waals surface area contributed by atoms with Crippen LogP contribution in [-0.4, -0.2) is 24.9 Å². The maximum atomic E-state index is 13.9. The van der Waals surface area contributed by atoms with Gasteiger partial charge in [0.15, 0.2) is 0 Å². The van der Waals surface area contributed by atoms with Crippen molar-refractivity contribution in [2.75, 3.05) is 13.6 Å². The predicted octanol–water partition coefficient (Wildman–Crippen LogP) is 2.34. The highest BCUT2D eigenvalue weighted by molar-refractivity contribution is 5.38. The molecule has 1 aromatic carbocycles. The van der Waals surface area contributed by atoms with E-state index in [1.54, 1.807) is 0 Å². The number of aromatic hydroxyl groups is 1. The smallest absolute Gasteiger partial charge is 0.428 e. The van der Waals surface area contributed by atoms with Crippen molar-refractivity contribution in [3.63, 3.8) is 0 Å². The lowest BCUT2D eigenvalue weighted by atomic mass is 9.94. The van der Waals surface area contributed by atoms with Crippen LogP contribution in [0.15, 0.2) is 24.3 Å². The Morgan fingerprint density at radius 1 is 1.19 bits per heavy atom. The zero-order valence-corrected chi connectivity index (χ0v) is 8.48. The van der Waals surface area contributed by atoms with Crippen LogP contribution in [0.2, 0.25) is 0 Å². The third kappa shape index (κ3) is 2.11. The van der Waals surface area contributed by atoms with Gasteiger partial charge in [-0.15, -0.1) is 0 Å². The lowest BCUT2D eigenvalue weighted by Crippen LogP contribution is -2.45. The number of hydrogen-bond acceptors (Lipinski definition) is 2. The second kappa shape index (κ2) is 4.29. The molecule has 0 saturated heterocycles. The molecule has 1 unspecified atom stereocenters. The summed E-state index contributed by atoms with van der Waals surface area (Å²) in [5.41, 5.74) is -4.37. The highest BCUT2D eigenvalue weighted by Gasteiger charge is 2.57. The molecule has 1 aromatic rings. The van der Waals surface area contributed by atoms with Gasteiger partial charge in [-0.1, -0.05) is 18.2 Å². The Morgan fingerprint density at radius 2 is 1.75 bits per heavy atom. The lowest BCUT2D eigenvalue weighted by molar-refractivity contribution is -0.234. The summed E-state index contributed by atoms with van der Waals surface area (Å²) in [4.78, 5) is 0. The monoisotopic (exact) mass is 237 g/mol. The van der Waals surface area contributed by atoms with Crippen molar-refractivity contribution in [1.82, 2.24) is 5.32 Å². The third-order valence-electron chi connectivity index (χ3n) is 2.20. The van der Waals surface area contributed by atoms with Crippen LogP contribution < -0.4 is 5.32 Å². The first-order valence-corrected chi connectivity index (χ1v) is 4.51. The number of benzene rings is 1. The molecule has 0 spiro atoms. The maximum Gasteiger partial charge on any atom is 0.428 e. The van der Waals surface area contributed by atoms with Crippen LogP contribution in [0.1, 0.15) is 5.56 Å². The summed E-state index contributed by atoms with van der Waals surface area (Å²) < 4.78 is 51.8. The summed E-state index contributed by atoms with van der Waals surface area (Å²) in [5, 5.41) is 11.4. The van der Waals surface area contributed by atoms with E-state index in [1.165, 1.54) is 19.2 Å². The Labute approximate surface area is 89.9 Å². The molecule has 16 heavy (non-hydrogen) atoms. The summed E-state index contributed by atoms with van der Waals surface area (Å²) in [6.07, 6.45) is -5.09. The van der Waals surface area contributed by atoms with E-state index in [1.807, 2.05) is 0 Å². The van der Waals surface area contributed by atoms with Gasteiger partial charge >= 0.3 is 6.18 Å². The number of nitrogens with one attached hydrogen (secondary N) is 1. The zero-order chi connectivity index (χ0) is 12.4. The van der Waals surface area contributed by atoms with Gasteiger partial charge in [0.2, 0.25) is 5.67 Å². The number of alkyl halides is 4. The highest BCUT2D eigenvalue weighted by Crippen LogP contribution is 2.45. The molecule has 0 aromatic heterocycles. The summed E-state index contributed by atoms with van der Waals surface area (Å²) >= 11 is 0. The second-order valence-corrected chi connectivity index (χ2v) is 3.35. The number of halogens is 4. The molecule has 90 valence electrons. The Bertz CT molecular complexity index is 366. The van der Waals surface area contributed by atoms with Gasteiger partial charge in [0, 0.05) is 12.1 Å². The van der Waals surface area contributed by atoms with E-state index in [-0.39, 0.29) is 0 Å². The first-order valence-electron chi connectivity index (χ1n) is 4.51. The van der Waals surface area contributed by atoms with Gasteiger partial charge in [0.1, 0.15) is 5.75 Å². The average Bonchev–Trinajstić information content (AvgIpc) is 2.16. The first-order chi connectivity index (χ1) is 7.33. The molecule has 0 aliphatic carbocycles. The van der Waals surface area contributed by atoms with Gasteiger partial charge in [0.25, 0.3) is 0 Å². The Hall–Kier alpha value is -1.30. The molecule has 0 fully saturated rings. The molecule has 1 atom stereocenters. The lowest BCUT2D eigenvalue weighted by Gasteiger charge is -2.28. The molecule has 0 saturated carbocycles. The van der Waals surface area contributed by atoms with Crippen LogP contribution in [0.5, 0.6) is 5.75 Å². The van der Waals surface area contributed by atoms with E-state index >= 15 is 0 Å². The Balaban J connectivity index is 3.28. The average molecular weight is 237 g/mol. The summed E-state index contributed by atoms with van der Waals surface area (Å²) in [7, 11) is 1.21. The van der Waals surface area contributed by atoms with E-state index in [2.05, 4.69) is 5.32 Å². The highest BCUT2D eigenvalue weighted by atomic mass is 19.4. The number of para-hydroxylation sites is 1. The van der Waals surface area contributed by atoms with Crippen LogP contribution >= 0.6 is 0 Å². The SMILES string of the molecule is CNCC(F)(c1ccccc1O)C(F)(F)F. The minimum Gasteiger partial charge on any atom is -0.508 e. The summed E-state index contributed by atoms with van der Waals surface area (Å²) in [6, 6.07) is 4.50. The van der Waals surface area contributed by atoms with Crippen molar-refractivity contribution in [3.8, 4) is 5.75 Å². The van der Waals surface area contributed by atoms with E-state index in [9.17, 15) is 22.7 Å². The maximum absolute atomic E-state index is 13.9. The molecule has 0 aliphatic heterocycles. The number of phenols is 1. The first kappa shape index (κ1) is 12.8.